The number of hydrogen-bond donors (Lipinski definition) is 0. The molecule has 0 amide bonds. The molecule has 0 saturated heterocycles. The first-order valence-corrected chi connectivity index (χ1v) is 7.19. The predicted molar refractivity (Wildman–Crippen MR) is 78.9 cm³/mol. The van der Waals surface area contributed by atoms with Crippen molar-refractivity contribution in [2.45, 2.75) is 40.7 Å². The molecule has 0 fully saturated rings. The van der Waals surface area contributed by atoms with Gasteiger partial charge in [-0.05, 0) is 15.9 Å². The third kappa shape index (κ3) is 4.69. The second-order valence-corrected chi connectivity index (χ2v) is 4.10. The summed E-state index contributed by atoms with van der Waals surface area (Å²) in [7, 11) is 0. The summed E-state index contributed by atoms with van der Waals surface area (Å²) in [4.78, 5) is 7.70. The second-order valence-electron chi connectivity index (χ2n) is 2.88. The lowest BCUT2D eigenvalue weighted by Crippen LogP contribution is -2.05. The van der Waals surface area contributed by atoms with Crippen LogP contribution in [0.15, 0.2) is 17.0 Å². The van der Waals surface area contributed by atoms with E-state index in [0.29, 0.717) is 15.5 Å². The van der Waals surface area contributed by atoms with Gasteiger partial charge in [0, 0.05) is 10.7 Å². The third-order valence-electron chi connectivity index (χ3n) is 1.90. The van der Waals surface area contributed by atoms with Gasteiger partial charge in [-0.3, -0.25) is 0 Å². The van der Waals surface area contributed by atoms with Crippen LogP contribution in [0.3, 0.4) is 0 Å². The number of halogens is 4. The first-order valence-electron chi connectivity index (χ1n) is 6.02. The normalized spacial score (nSPS) is 9.74. The Balaban J connectivity index is 0.000000741. The Morgan fingerprint density at radius 2 is 1.84 bits per heavy atom. The summed E-state index contributed by atoms with van der Waals surface area (Å²) < 4.78 is 26.5. The van der Waals surface area contributed by atoms with Crippen LogP contribution in [0.2, 0.25) is 5.15 Å². The van der Waals surface area contributed by atoms with Crippen molar-refractivity contribution < 1.29 is 8.78 Å². The summed E-state index contributed by atoms with van der Waals surface area (Å²) in [6.07, 6.45) is 0.345. The molecule has 0 radical (unpaired) electrons. The van der Waals surface area contributed by atoms with Crippen molar-refractivity contribution in [1.82, 2.24) is 14.5 Å². The van der Waals surface area contributed by atoms with Gasteiger partial charge in [0.25, 0.3) is 6.43 Å². The van der Waals surface area contributed by atoms with E-state index in [1.54, 1.807) is 0 Å². The molecule has 0 aliphatic heterocycles. The molecular formula is C12H17BrClF2N3. The summed E-state index contributed by atoms with van der Waals surface area (Å²) in [5, 5.41) is 0.805. The fourth-order valence-electron chi connectivity index (χ4n) is 1.33. The minimum absolute atomic E-state index is 0.250. The molecular weight excluding hydrogens is 340 g/mol. The minimum atomic E-state index is -2.43. The average molecular weight is 357 g/mol. The lowest BCUT2D eigenvalue weighted by atomic mass is 10.4. The van der Waals surface area contributed by atoms with Gasteiger partial charge in [0.15, 0.2) is 0 Å². The molecule has 0 aromatic carbocycles. The predicted octanol–water partition coefficient (Wildman–Crippen LogP) is 5.16. The molecule has 2 heterocycles. The van der Waals surface area contributed by atoms with E-state index in [1.165, 1.54) is 17.1 Å². The van der Waals surface area contributed by atoms with E-state index in [2.05, 4.69) is 25.9 Å². The number of fused-ring (bicyclic) bond motifs is 1. The Bertz CT molecular complexity index is 503. The quantitative estimate of drug-likeness (QED) is 0.695. The first kappa shape index (κ1) is 18.2. The standard InChI is InChI=1S/C8H5BrClF2N3.2C2H6/c9-4-1-15(2-5(11)12)8-6(4)7(10)13-3-14-8;2*1-2/h1,3,5H,2H2;2*1-2H3. The number of aromatic nitrogens is 3. The van der Waals surface area contributed by atoms with Crippen LogP contribution in [-0.4, -0.2) is 21.0 Å². The zero-order valence-corrected chi connectivity index (χ0v) is 13.6. The fraction of sp³-hybridized carbons (Fsp3) is 0.500. The minimum Gasteiger partial charge on any atom is -0.325 e. The van der Waals surface area contributed by atoms with Crippen molar-refractivity contribution in [3.8, 4) is 0 Å². The molecule has 2 aromatic rings. The van der Waals surface area contributed by atoms with Crippen LogP contribution in [-0.2, 0) is 6.54 Å². The Morgan fingerprint density at radius 1 is 1.26 bits per heavy atom. The molecule has 19 heavy (non-hydrogen) atoms. The first-order chi connectivity index (χ1) is 9.09. The van der Waals surface area contributed by atoms with E-state index in [1.807, 2.05) is 27.7 Å². The number of alkyl halides is 2. The van der Waals surface area contributed by atoms with E-state index in [0.717, 1.165) is 0 Å². The molecule has 0 bridgehead atoms. The van der Waals surface area contributed by atoms with Gasteiger partial charge in [0.05, 0.1) is 11.9 Å². The molecule has 0 unspecified atom stereocenters. The molecule has 0 aliphatic rings. The van der Waals surface area contributed by atoms with Crippen LogP contribution in [0, 0.1) is 0 Å². The summed E-state index contributed by atoms with van der Waals surface area (Å²) in [6, 6.07) is 0. The van der Waals surface area contributed by atoms with Crippen molar-refractivity contribution in [3.05, 3.63) is 22.1 Å². The maximum absolute atomic E-state index is 12.2. The highest BCUT2D eigenvalue weighted by atomic mass is 79.9. The van der Waals surface area contributed by atoms with Crippen molar-refractivity contribution >= 4 is 38.6 Å². The third-order valence-corrected chi connectivity index (χ3v) is 2.78. The average Bonchev–Trinajstić information content (AvgIpc) is 2.72. The van der Waals surface area contributed by atoms with Crippen molar-refractivity contribution in [2.75, 3.05) is 0 Å². The van der Waals surface area contributed by atoms with Gasteiger partial charge in [-0.25, -0.2) is 18.7 Å². The Hall–Kier alpha value is -0.750. The van der Waals surface area contributed by atoms with Crippen LogP contribution in [0.1, 0.15) is 27.7 Å². The van der Waals surface area contributed by atoms with Crippen LogP contribution >= 0.6 is 27.5 Å². The lowest BCUT2D eigenvalue weighted by molar-refractivity contribution is 0.128. The van der Waals surface area contributed by atoms with Gasteiger partial charge in [-0.2, -0.15) is 0 Å². The number of nitrogens with zero attached hydrogens (tertiary/aromatic N) is 3. The molecule has 0 aliphatic carbocycles. The number of rotatable bonds is 2. The highest BCUT2D eigenvalue weighted by Gasteiger charge is 2.14. The molecule has 2 rings (SSSR count). The smallest absolute Gasteiger partial charge is 0.256 e. The van der Waals surface area contributed by atoms with Gasteiger partial charge in [0.1, 0.15) is 17.1 Å². The lowest BCUT2D eigenvalue weighted by Gasteiger charge is -2.02. The van der Waals surface area contributed by atoms with Gasteiger partial charge in [0.2, 0.25) is 0 Å². The number of hydrogen-bond acceptors (Lipinski definition) is 2. The zero-order valence-electron chi connectivity index (χ0n) is 11.3. The molecule has 0 spiro atoms. The van der Waals surface area contributed by atoms with Crippen LogP contribution < -0.4 is 0 Å². The Morgan fingerprint density at radius 3 is 2.37 bits per heavy atom. The van der Waals surface area contributed by atoms with Crippen molar-refractivity contribution in [2.24, 2.45) is 0 Å². The van der Waals surface area contributed by atoms with E-state index in [-0.39, 0.29) is 5.15 Å². The maximum Gasteiger partial charge on any atom is 0.256 e. The monoisotopic (exact) mass is 355 g/mol. The topological polar surface area (TPSA) is 30.7 Å². The molecule has 2 aromatic heterocycles. The maximum atomic E-state index is 12.2. The summed E-state index contributed by atoms with van der Waals surface area (Å²) in [5.41, 5.74) is 0.405. The SMILES string of the molecule is CC.CC.FC(F)Cn1cc(Br)c2c(Cl)ncnc21. The van der Waals surface area contributed by atoms with Crippen molar-refractivity contribution in [1.29, 1.82) is 0 Å². The largest absolute Gasteiger partial charge is 0.325 e. The molecule has 3 nitrogen and oxygen atoms in total. The molecule has 108 valence electrons. The summed E-state index contributed by atoms with van der Waals surface area (Å²) >= 11 is 9.06. The van der Waals surface area contributed by atoms with Crippen LogP contribution in [0.4, 0.5) is 8.78 Å². The second kappa shape index (κ2) is 9.20. The van der Waals surface area contributed by atoms with Gasteiger partial charge in [-0.1, -0.05) is 39.3 Å². The molecule has 0 saturated carbocycles. The molecule has 7 heteroatoms. The Kier molecular flexibility index (Phi) is 8.84. The molecule has 0 N–H and O–H groups in total. The summed E-state index contributed by atoms with van der Waals surface area (Å²) in [5.74, 6) is 0. The fourth-order valence-corrected chi connectivity index (χ4v) is 2.29. The van der Waals surface area contributed by atoms with E-state index >= 15 is 0 Å². The highest BCUT2D eigenvalue weighted by molar-refractivity contribution is 9.10. The summed E-state index contributed by atoms with van der Waals surface area (Å²) in [6.45, 7) is 7.59. The van der Waals surface area contributed by atoms with Gasteiger partial charge in [-0.15, -0.1) is 0 Å². The van der Waals surface area contributed by atoms with Crippen molar-refractivity contribution in [3.63, 3.8) is 0 Å². The van der Waals surface area contributed by atoms with Gasteiger partial charge >= 0.3 is 0 Å². The van der Waals surface area contributed by atoms with Crippen LogP contribution in [0.25, 0.3) is 11.0 Å². The van der Waals surface area contributed by atoms with E-state index < -0.39 is 13.0 Å². The highest BCUT2D eigenvalue weighted by Crippen LogP contribution is 2.29. The van der Waals surface area contributed by atoms with E-state index in [9.17, 15) is 8.78 Å². The Labute approximate surface area is 125 Å². The van der Waals surface area contributed by atoms with Gasteiger partial charge < -0.3 is 4.57 Å². The molecule has 0 atom stereocenters. The zero-order chi connectivity index (χ0) is 15.0. The van der Waals surface area contributed by atoms with E-state index in [4.69, 9.17) is 11.6 Å². The van der Waals surface area contributed by atoms with Crippen LogP contribution in [0.5, 0.6) is 0 Å².